The Bertz CT molecular complexity index is 753. The first-order valence-corrected chi connectivity index (χ1v) is 14.1. The van der Waals surface area contributed by atoms with Crippen LogP contribution in [-0.2, 0) is 28.4 Å². The zero-order chi connectivity index (χ0) is 24.1. The van der Waals surface area contributed by atoms with Gasteiger partial charge in [0.25, 0.3) is 0 Å². The van der Waals surface area contributed by atoms with E-state index < -0.39 is 0 Å². The molecule has 35 heavy (non-hydrogen) atoms. The topological polar surface area (TPSA) is 55.4 Å². The lowest BCUT2D eigenvalue weighted by Crippen LogP contribution is -2.34. The Morgan fingerprint density at radius 1 is 0.971 bits per heavy atom. The van der Waals surface area contributed by atoms with Crippen LogP contribution in [-0.4, -0.2) is 57.0 Å². The highest BCUT2D eigenvalue weighted by Gasteiger charge is 2.56. The second-order valence-corrected chi connectivity index (χ2v) is 11.1. The Morgan fingerprint density at radius 3 is 2.40 bits per heavy atom. The Morgan fingerprint density at radius 2 is 1.71 bits per heavy atom. The van der Waals surface area contributed by atoms with Crippen LogP contribution in [0.3, 0.4) is 0 Å². The summed E-state index contributed by atoms with van der Waals surface area (Å²) in [4.78, 5) is 0. The van der Waals surface area contributed by atoms with Gasteiger partial charge in [-0.05, 0) is 69.6 Å². The fraction of sp³-hybridized carbons (Fsp3) is 0.862. The zero-order valence-corrected chi connectivity index (χ0v) is 21.6. The van der Waals surface area contributed by atoms with Gasteiger partial charge in [-0.25, -0.2) is 0 Å². The van der Waals surface area contributed by atoms with Gasteiger partial charge >= 0.3 is 0 Å². The van der Waals surface area contributed by atoms with E-state index in [9.17, 15) is 0 Å². The molecule has 0 aromatic carbocycles. The quantitative estimate of drug-likeness (QED) is 0.346. The Hall–Kier alpha value is -0.940. The third-order valence-electron chi connectivity index (χ3n) is 8.59. The Kier molecular flexibility index (Phi) is 8.86. The average molecular weight is 489 g/mol. The van der Waals surface area contributed by atoms with Crippen molar-refractivity contribution >= 4 is 0 Å². The minimum absolute atomic E-state index is 0.0288. The van der Waals surface area contributed by atoms with Crippen molar-refractivity contribution in [3.05, 3.63) is 12.2 Å². The van der Waals surface area contributed by atoms with Crippen molar-refractivity contribution in [2.75, 3.05) is 26.4 Å². The standard InChI is InChI=1S/C29H44O6/c1-3-4-9-21(2)25(34-27-10-5-7-14-30-27)13-12-23-24-20-29(32-16-17-33-29)19-22(24)18-26(23)35-28-11-6-8-15-31-28/h12-13,21-28H,5-11,14-20H2,1-2H3/b13-12+/t21?,22-,23-,24+,25-,26-,27?,28?/m1/s1. The van der Waals surface area contributed by atoms with Crippen molar-refractivity contribution in [2.45, 2.75) is 109 Å². The minimum Gasteiger partial charge on any atom is -0.353 e. The smallest absolute Gasteiger partial charge is 0.169 e. The van der Waals surface area contributed by atoms with E-state index in [0.29, 0.717) is 36.9 Å². The molecule has 3 aliphatic heterocycles. The molecule has 196 valence electrons. The number of rotatable bonds is 8. The Balaban J connectivity index is 1.32. The van der Waals surface area contributed by atoms with Gasteiger partial charge in [-0.15, -0.1) is 11.8 Å². The molecule has 0 radical (unpaired) electrons. The molecule has 5 fully saturated rings. The van der Waals surface area contributed by atoms with Gasteiger partial charge in [-0.3, -0.25) is 0 Å². The van der Waals surface area contributed by atoms with Crippen LogP contribution in [0.25, 0.3) is 0 Å². The molecule has 0 aromatic heterocycles. The first-order valence-electron chi connectivity index (χ1n) is 14.1. The van der Waals surface area contributed by atoms with Crippen molar-refractivity contribution in [3.8, 4) is 11.8 Å². The molecule has 6 heteroatoms. The van der Waals surface area contributed by atoms with Gasteiger partial charge in [0.2, 0.25) is 0 Å². The van der Waals surface area contributed by atoms with Crippen LogP contribution < -0.4 is 0 Å². The average Bonchev–Trinajstić information content (AvgIpc) is 3.57. The van der Waals surface area contributed by atoms with Crippen molar-refractivity contribution in [3.63, 3.8) is 0 Å². The summed E-state index contributed by atoms with van der Waals surface area (Å²) in [5.41, 5.74) is 0. The lowest BCUT2D eigenvalue weighted by molar-refractivity contribution is -0.198. The highest BCUT2D eigenvalue weighted by atomic mass is 16.7. The molecule has 8 atom stereocenters. The molecule has 1 spiro atoms. The largest absolute Gasteiger partial charge is 0.353 e. The van der Waals surface area contributed by atoms with Crippen LogP contribution in [0.5, 0.6) is 0 Å². The molecular formula is C29H44O6. The van der Waals surface area contributed by atoms with Crippen LogP contribution in [0.15, 0.2) is 12.2 Å². The van der Waals surface area contributed by atoms with Crippen molar-refractivity contribution in [2.24, 2.45) is 23.7 Å². The number of ether oxygens (including phenoxy) is 6. The summed E-state index contributed by atoms with van der Waals surface area (Å²) in [6, 6.07) is 0. The summed E-state index contributed by atoms with van der Waals surface area (Å²) in [5.74, 6) is 7.57. The zero-order valence-electron chi connectivity index (χ0n) is 21.6. The van der Waals surface area contributed by atoms with Crippen LogP contribution in [0, 0.1) is 35.5 Å². The molecule has 5 aliphatic rings. The normalized spacial score (nSPS) is 38.3. The molecule has 3 heterocycles. The maximum absolute atomic E-state index is 6.62. The fourth-order valence-corrected chi connectivity index (χ4v) is 6.74. The Labute approximate surface area is 211 Å². The third kappa shape index (κ3) is 6.32. The van der Waals surface area contributed by atoms with Crippen molar-refractivity contribution in [1.82, 2.24) is 0 Å². The van der Waals surface area contributed by atoms with E-state index in [4.69, 9.17) is 28.4 Å². The highest BCUT2D eigenvalue weighted by Crippen LogP contribution is 2.55. The van der Waals surface area contributed by atoms with E-state index in [0.717, 1.165) is 71.0 Å². The fourth-order valence-electron chi connectivity index (χ4n) is 6.74. The molecule has 2 saturated carbocycles. The molecule has 0 N–H and O–H groups in total. The van der Waals surface area contributed by atoms with Crippen LogP contribution in [0.4, 0.5) is 0 Å². The maximum atomic E-state index is 6.62. The van der Waals surface area contributed by atoms with E-state index in [1.54, 1.807) is 0 Å². The van der Waals surface area contributed by atoms with E-state index >= 15 is 0 Å². The van der Waals surface area contributed by atoms with Gasteiger partial charge in [0, 0.05) is 38.4 Å². The molecule has 5 rings (SSSR count). The highest BCUT2D eigenvalue weighted by molar-refractivity contribution is 5.11. The molecule has 0 amide bonds. The van der Waals surface area contributed by atoms with E-state index in [1.165, 1.54) is 6.42 Å². The number of fused-ring (bicyclic) bond motifs is 1. The second-order valence-electron chi connectivity index (χ2n) is 11.1. The number of hydrogen-bond acceptors (Lipinski definition) is 6. The van der Waals surface area contributed by atoms with E-state index in [1.807, 2.05) is 6.92 Å². The first kappa shape index (κ1) is 25.7. The minimum atomic E-state index is -0.371. The number of hydrogen-bond donors (Lipinski definition) is 0. The third-order valence-corrected chi connectivity index (χ3v) is 8.59. The summed E-state index contributed by atoms with van der Waals surface area (Å²) in [6.45, 7) is 7.15. The molecule has 6 nitrogen and oxygen atoms in total. The van der Waals surface area contributed by atoms with Gasteiger partial charge < -0.3 is 28.4 Å². The summed E-state index contributed by atoms with van der Waals surface area (Å²) < 4.78 is 37.2. The predicted octanol–water partition coefficient (Wildman–Crippen LogP) is 5.20. The van der Waals surface area contributed by atoms with Gasteiger partial charge in [-0.1, -0.05) is 19.1 Å². The van der Waals surface area contributed by atoms with E-state index in [-0.39, 0.29) is 30.6 Å². The van der Waals surface area contributed by atoms with Gasteiger partial charge in [0.1, 0.15) is 0 Å². The van der Waals surface area contributed by atoms with Gasteiger partial charge in [0.15, 0.2) is 18.4 Å². The van der Waals surface area contributed by atoms with Crippen LogP contribution >= 0.6 is 0 Å². The molecule has 3 unspecified atom stereocenters. The lowest BCUT2D eigenvalue weighted by atomic mass is 9.89. The van der Waals surface area contributed by atoms with Gasteiger partial charge in [0.05, 0.1) is 25.4 Å². The molecule has 0 aromatic rings. The summed E-state index contributed by atoms with van der Waals surface area (Å²) >= 11 is 0. The maximum Gasteiger partial charge on any atom is 0.169 e. The molecular weight excluding hydrogens is 444 g/mol. The molecule has 2 aliphatic carbocycles. The van der Waals surface area contributed by atoms with Crippen molar-refractivity contribution < 1.29 is 28.4 Å². The monoisotopic (exact) mass is 488 g/mol. The predicted molar refractivity (Wildman–Crippen MR) is 132 cm³/mol. The van der Waals surface area contributed by atoms with Crippen molar-refractivity contribution in [1.29, 1.82) is 0 Å². The van der Waals surface area contributed by atoms with Crippen LogP contribution in [0.2, 0.25) is 0 Å². The molecule has 3 saturated heterocycles. The summed E-state index contributed by atoms with van der Waals surface area (Å²) in [5, 5.41) is 0. The SMILES string of the molecule is CC#CCC(C)[C@@H](/C=C/[C@@H]1[C@H]2CC3(C[C@H]2C[C@H]1OC1CCCCO1)OCCO3)OC1CCCCO1. The molecule has 0 bridgehead atoms. The van der Waals surface area contributed by atoms with Crippen LogP contribution in [0.1, 0.15) is 78.1 Å². The van der Waals surface area contributed by atoms with Gasteiger partial charge in [-0.2, -0.15) is 0 Å². The summed E-state index contributed by atoms with van der Waals surface area (Å²) in [6.07, 6.45) is 15.0. The first-order chi connectivity index (χ1) is 17.2. The lowest BCUT2D eigenvalue weighted by Gasteiger charge is -2.32. The second kappa shape index (κ2) is 12.1. The van der Waals surface area contributed by atoms with E-state index in [2.05, 4.69) is 30.9 Å². The summed E-state index contributed by atoms with van der Waals surface area (Å²) in [7, 11) is 0.